The fourth-order valence-corrected chi connectivity index (χ4v) is 2.32. The zero-order valence-electron chi connectivity index (χ0n) is 8.76. The maximum atomic E-state index is 5.84. The molecule has 0 aliphatic rings. The summed E-state index contributed by atoms with van der Waals surface area (Å²) < 4.78 is 5.71. The first-order valence-electron chi connectivity index (χ1n) is 5.08. The standard InChI is InChI=1S/C13H8ClNOS/c14-10-5-3-9(4-6-10)11-8-15-13(16-11)12-2-1-7-17-12/h1-8H. The lowest BCUT2D eigenvalue weighted by Gasteiger charge is -1.95. The Labute approximate surface area is 108 Å². The number of rotatable bonds is 2. The predicted octanol–water partition coefficient (Wildman–Crippen LogP) is 4.72. The summed E-state index contributed by atoms with van der Waals surface area (Å²) in [5, 5.41) is 2.72. The Morgan fingerprint density at radius 2 is 1.94 bits per heavy atom. The molecule has 0 unspecified atom stereocenters. The van der Waals surface area contributed by atoms with Gasteiger partial charge in [-0.2, -0.15) is 0 Å². The molecule has 2 heterocycles. The van der Waals surface area contributed by atoms with Crippen LogP contribution in [0.3, 0.4) is 0 Å². The van der Waals surface area contributed by atoms with Gasteiger partial charge in [0.2, 0.25) is 5.89 Å². The van der Waals surface area contributed by atoms with Crippen LogP contribution in [0.2, 0.25) is 5.02 Å². The predicted molar refractivity (Wildman–Crippen MR) is 70.3 cm³/mol. The molecule has 3 rings (SSSR count). The lowest BCUT2D eigenvalue weighted by Crippen LogP contribution is -1.71. The maximum absolute atomic E-state index is 5.84. The van der Waals surface area contributed by atoms with E-state index in [1.807, 2.05) is 41.8 Å². The van der Waals surface area contributed by atoms with Crippen molar-refractivity contribution in [3.8, 4) is 22.1 Å². The molecule has 0 spiro atoms. The van der Waals surface area contributed by atoms with Crippen LogP contribution in [0, 0.1) is 0 Å². The lowest BCUT2D eigenvalue weighted by atomic mass is 10.2. The van der Waals surface area contributed by atoms with Gasteiger partial charge in [0.25, 0.3) is 0 Å². The van der Waals surface area contributed by atoms with Gasteiger partial charge in [0.1, 0.15) is 0 Å². The first kappa shape index (κ1) is 10.6. The summed E-state index contributed by atoms with van der Waals surface area (Å²) in [6.07, 6.45) is 1.73. The van der Waals surface area contributed by atoms with Crippen molar-refractivity contribution in [1.82, 2.24) is 4.98 Å². The Morgan fingerprint density at radius 1 is 1.12 bits per heavy atom. The smallest absolute Gasteiger partial charge is 0.236 e. The van der Waals surface area contributed by atoms with Crippen LogP contribution in [0.1, 0.15) is 0 Å². The van der Waals surface area contributed by atoms with Crippen LogP contribution >= 0.6 is 22.9 Å². The van der Waals surface area contributed by atoms with E-state index in [0.717, 1.165) is 16.2 Å². The molecule has 17 heavy (non-hydrogen) atoms. The minimum atomic E-state index is 0.657. The third-order valence-electron chi connectivity index (χ3n) is 2.37. The molecule has 0 bridgehead atoms. The first-order chi connectivity index (χ1) is 8.33. The molecule has 4 heteroatoms. The van der Waals surface area contributed by atoms with Crippen LogP contribution < -0.4 is 0 Å². The molecule has 0 saturated heterocycles. The van der Waals surface area contributed by atoms with E-state index in [9.17, 15) is 0 Å². The van der Waals surface area contributed by atoms with E-state index in [4.69, 9.17) is 16.0 Å². The summed E-state index contributed by atoms with van der Waals surface area (Å²) in [5.41, 5.74) is 0.977. The summed E-state index contributed by atoms with van der Waals surface area (Å²) >= 11 is 7.45. The summed E-state index contributed by atoms with van der Waals surface area (Å²) in [5.74, 6) is 1.41. The van der Waals surface area contributed by atoms with Gasteiger partial charge < -0.3 is 4.42 Å². The number of hydrogen-bond acceptors (Lipinski definition) is 3. The molecular formula is C13H8ClNOS. The van der Waals surface area contributed by atoms with Crippen LogP contribution in [-0.4, -0.2) is 4.98 Å². The SMILES string of the molecule is Clc1ccc(-c2cnc(-c3cccs3)o2)cc1. The first-order valence-corrected chi connectivity index (χ1v) is 6.34. The second kappa shape index (κ2) is 4.35. The Hall–Kier alpha value is -1.58. The van der Waals surface area contributed by atoms with Gasteiger partial charge in [-0.3, -0.25) is 0 Å². The van der Waals surface area contributed by atoms with E-state index in [1.165, 1.54) is 0 Å². The Kier molecular flexibility index (Phi) is 2.71. The molecule has 84 valence electrons. The van der Waals surface area contributed by atoms with Crippen molar-refractivity contribution in [2.45, 2.75) is 0 Å². The summed E-state index contributed by atoms with van der Waals surface area (Å²) in [6, 6.07) is 11.5. The third-order valence-corrected chi connectivity index (χ3v) is 3.48. The highest BCUT2D eigenvalue weighted by atomic mass is 35.5. The summed E-state index contributed by atoms with van der Waals surface area (Å²) in [6.45, 7) is 0. The molecule has 0 fully saturated rings. The number of hydrogen-bond donors (Lipinski definition) is 0. The van der Waals surface area contributed by atoms with Crippen molar-refractivity contribution in [1.29, 1.82) is 0 Å². The number of nitrogens with zero attached hydrogens (tertiary/aromatic N) is 1. The van der Waals surface area contributed by atoms with Gasteiger partial charge in [0.05, 0.1) is 11.1 Å². The molecule has 0 radical (unpaired) electrons. The van der Waals surface area contributed by atoms with Crippen molar-refractivity contribution >= 4 is 22.9 Å². The fraction of sp³-hybridized carbons (Fsp3) is 0. The van der Waals surface area contributed by atoms with Crippen LogP contribution in [-0.2, 0) is 0 Å². The molecule has 0 saturated carbocycles. The molecular weight excluding hydrogens is 254 g/mol. The van der Waals surface area contributed by atoms with E-state index in [-0.39, 0.29) is 0 Å². The molecule has 0 aliphatic heterocycles. The highest BCUT2D eigenvalue weighted by Crippen LogP contribution is 2.29. The molecule has 0 aliphatic carbocycles. The molecule has 1 aromatic carbocycles. The monoisotopic (exact) mass is 261 g/mol. The third kappa shape index (κ3) is 2.12. The van der Waals surface area contributed by atoms with E-state index in [2.05, 4.69) is 4.98 Å². The van der Waals surface area contributed by atoms with E-state index in [0.29, 0.717) is 10.9 Å². The number of oxazole rings is 1. The van der Waals surface area contributed by atoms with Crippen LogP contribution in [0.4, 0.5) is 0 Å². The lowest BCUT2D eigenvalue weighted by molar-refractivity contribution is 0.590. The van der Waals surface area contributed by atoms with Gasteiger partial charge in [0, 0.05) is 10.6 Å². The van der Waals surface area contributed by atoms with Crippen molar-refractivity contribution in [2.75, 3.05) is 0 Å². The molecule has 3 aromatic rings. The zero-order valence-corrected chi connectivity index (χ0v) is 10.3. The van der Waals surface area contributed by atoms with E-state index < -0.39 is 0 Å². The van der Waals surface area contributed by atoms with Gasteiger partial charge in [-0.15, -0.1) is 11.3 Å². The van der Waals surface area contributed by atoms with Crippen molar-refractivity contribution < 1.29 is 4.42 Å². The average Bonchev–Trinajstić information content (AvgIpc) is 3.00. The number of benzene rings is 1. The fourth-order valence-electron chi connectivity index (χ4n) is 1.54. The average molecular weight is 262 g/mol. The minimum Gasteiger partial charge on any atom is -0.435 e. The van der Waals surface area contributed by atoms with E-state index in [1.54, 1.807) is 17.5 Å². The topological polar surface area (TPSA) is 26.0 Å². The van der Waals surface area contributed by atoms with Gasteiger partial charge in [0.15, 0.2) is 5.76 Å². The molecule has 2 nitrogen and oxygen atoms in total. The molecule has 0 atom stereocenters. The normalized spacial score (nSPS) is 10.6. The molecule has 0 amide bonds. The van der Waals surface area contributed by atoms with Crippen molar-refractivity contribution in [3.05, 3.63) is 53.0 Å². The summed E-state index contributed by atoms with van der Waals surface area (Å²) in [4.78, 5) is 5.30. The highest BCUT2D eigenvalue weighted by Gasteiger charge is 2.08. The number of aromatic nitrogens is 1. The quantitative estimate of drug-likeness (QED) is 0.667. The van der Waals surface area contributed by atoms with Crippen LogP contribution in [0.5, 0.6) is 0 Å². The number of thiophene rings is 1. The van der Waals surface area contributed by atoms with Gasteiger partial charge >= 0.3 is 0 Å². The van der Waals surface area contributed by atoms with Crippen LogP contribution in [0.25, 0.3) is 22.1 Å². The molecule has 2 aromatic heterocycles. The Morgan fingerprint density at radius 3 is 2.65 bits per heavy atom. The minimum absolute atomic E-state index is 0.657. The largest absolute Gasteiger partial charge is 0.435 e. The second-order valence-corrected chi connectivity index (χ2v) is 4.90. The summed E-state index contributed by atoms with van der Waals surface area (Å²) in [7, 11) is 0. The van der Waals surface area contributed by atoms with Crippen LogP contribution in [0.15, 0.2) is 52.4 Å². The second-order valence-electron chi connectivity index (χ2n) is 3.51. The van der Waals surface area contributed by atoms with Crippen molar-refractivity contribution in [3.63, 3.8) is 0 Å². The maximum Gasteiger partial charge on any atom is 0.236 e. The number of halogens is 1. The van der Waals surface area contributed by atoms with Gasteiger partial charge in [-0.05, 0) is 35.7 Å². The Bertz CT molecular complexity index is 613. The van der Waals surface area contributed by atoms with Gasteiger partial charge in [-0.1, -0.05) is 17.7 Å². The highest BCUT2D eigenvalue weighted by molar-refractivity contribution is 7.13. The van der Waals surface area contributed by atoms with E-state index >= 15 is 0 Å². The van der Waals surface area contributed by atoms with Gasteiger partial charge in [-0.25, -0.2) is 4.98 Å². The Balaban J connectivity index is 1.98. The zero-order chi connectivity index (χ0) is 11.7. The molecule has 0 N–H and O–H groups in total. The van der Waals surface area contributed by atoms with Crippen molar-refractivity contribution in [2.24, 2.45) is 0 Å².